The smallest absolute Gasteiger partial charge is 0.233 e. The number of amides is 2. The van der Waals surface area contributed by atoms with Crippen molar-refractivity contribution in [3.05, 3.63) is 42.9 Å². The molecule has 0 N–H and O–H groups in total. The minimum atomic E-state index is -0.108. The summed E-state index contributed by atoms with van der Waals surface area (Å²) in [5.74, 6) is 2.33. The van der Waals surface area contributed by atoms with E-state index in [1.165, 1.54) is 0 Å². The SMILES string of the molecule is Cl.O=C1C2C3C=CC(C4C=CC43)C2C(=O)N1CCCCN1CCN(c2cnccn2)CC1. The summed E-state index contributed by atoms with van der Waals surface area (Å²) < 4.78 is 0. The quantitative estimate of drug-likeness (QED) is 0.371. The average Bonchev–Trinajstić information content (AvgIpc) is 3.04. The molecule has 0 spiro atoms. The van der Waals surface area contributed by atoms with Crippen LogP contribution in [0.2, 0.25) is 0 Å². The summed E-state index contributed by atoms with van der Waals surface area (Å²) in [7, 11) is 0. The summed E-state index contributed by atoms with van der Waals surface area (Å²) in [4.78, 5) is 41.1. The summed E-state index contributed by atoms with van der Waals surface area (Å²) in [5.41, 5.74) is 0. The van der Waals surface area contributed by atoms with Crippen LogP contribution in [0.15, 0.2) is 42.9 Å². The Bertz CT molecular complexity index is 890. The number of unbranched alkanes of at least 4 members (excludes halogenated alkanes) is 1. The van der Waals surface area contributed by atoms with Crippen LogP contribution in [0.3, 0.4) is 0 Å². The van der Waals surface area contributed by atoms with Crippen molar-refractivity contribution in [3.8, 4) is 0 Å². The lowest BCUT2D eigenvalue weighted by atomic mass is 9.50. The van der Waals surface area contributed by atoms with Crippen molar-refractivity contribution in [2.24, 2.45) is 35.5 Å². The van der Waals surface area contributed by atoms with E-state index in [0.29, 0.717) is 18.4 Å². The number of carbonyl (C=O) groups is 2. The Hall–Kier alpha value is -2.25. The summed E-state index contributed by atoms with van der Waals surface area (Å²) in [6.07, 6.45) is 16.1. The largest absolute Gasteiger partial charge is 0.353 e. The van der Waals surface area contributed by atoms with Gasteiger partial charge in [0.25, 0.3) is 0 Å². The molecule has 2 saturated heterocycles. The third-order valence-corrected chi connectivity index (χ3v) is 8.11. The molecule has 6 aliphatic rings. The number of hydrogen-bond acceptors (Lipinski definition) is 6. The molecule has 1 aromatic heterocycles. The van der Waals surface area contributed by atoms with Gasteiger partial charge in [-0.05, 0) is 43.1 Å². The summed E-state index contributed by atoms with van der Waals surface area (Å²) in [6.45, 7) is 5.51. The minimum absolute atomic E-state index is 0. The third kappa shape index (κ3) is 3.37. The minimum Gasteiger partial charge on any atom is -0.353 e. The summed E-state index contributed by atoms with van der Waals surface area (Å²) >= 11 is 0. The van der Waals surface area contributed by atoms with Crippen LogP contribution < -0.4 is 4.90 Å². The Kier molecular flexibility index (Phi) is 5.80. The number of aromatic nitrogens is 2. The molecule has 7 rings (SSSR count). The van der Waals surface area contributed by atoms with Crippen molar-refractivity contribution in [1.29, 1.82) is 0 Å². The molecule has 3 heterocycles. The summed E-state index contributed by atoms with van der Waals surface area (Å²) in [5, 5.41) is 0. The molecule has 2 bridgehead atoms. The predicted octanol–water partition coefficient (Wildman–Crippen LogP) is 2.02. The number of rotatable bonds is 6. The maximum atomic E-state index is 13.1. The highest BCUT2D eigenvalue weighted by atomic mass is 35.5. The lowest BCUT2D eigenvalue weighted by Gasteiger charge is -2.51. The van der Waals surface area contributed by atoms with Crippen LogP contribution in [0.25, 0.3) is 0 Å². The highest BCUT2D eigenvalue weighted by Gasteiger charge is 2.62. The molecule has 6 atom stereocenters. The molecule has 32 heavy (non-hydrogen) atoms. The normalized spacial score (nSPS) is 34.9. The predicted molar refractivity (Wildman–Crippen MR) is 123 cm³/mol. The van der Waals surface area contributed by atoms with Gasteiger partial charge in [-0.1, -0.05) is 24.3 Å². The number of imide groups is 1. The third-order valence-electron chi connectivity index (χ3n) is 8.11. The Morgan fingerprint density at radius 1 is 0.781 bits per heavy atom. The molecule has 1 saturated carbocycles. The molecule has 0 radical (unpaired) electrons. The number of allylic oxidation sites excluding steroid dienone is 4. The molecule has 6 unspecified atom stereocenters. The maximum absolute atomic E-state index is 13.1. The van der Waals surface area contributed by atoms with Gasteiger partial charge in [0.1, 0.15) is 5.82 Å². The van der Waals surface area contributed by atoms with Crippen LogP contribution in [0.5, 0.6) is 0 Å². The van der Waals surface area contributed by atoms with Crippen LogP contribution in [-0.4, -0.2) is 70.9 Å². The van der Waals surface area contributed by atoms with E-state index in [0.717, 1.165) is 51.4 Å². The van der Waals surface area contributed by atoms with Gasteiger partial charge in [-0.15, -0.1) is 12.4 Å². The molecule has 7 nitrogen and oxygen atoms in total. The zero-order chi connectivity index (χ0) is 20.9. The van der Waals surface area contributed by atoms with Crippen LogP contribution in [-0.2, 0) is 9.59 Å². The number of nitrogens with zero attached hydrogens (tertiary/aromatic N) is 5. The van der Waals surface area contributed by atoms with E-state index < -0.39 is 0 Å². The van der Waals surface area contributed by atoms with E-state index in [-0.39, 0.29) is 47.9 Å². The summed E-state index contributed by atoms with van der Waals surface area (Å²) in [6, 6.07) is 0. The first-order chi connectivity index (χ1) is 15.2. The molecule has 8 heteroatoms. The van der Waals surface area contributed by atoms with Crippen LogP contribution in [0.1, 0.15) is 12.8 Å². The number of anilines is 1. The fraction of sp³-hybridized carbons (Fsp3) is 0.583. The first kappa shape index (κ1) is 21.6. The van der Waals surface area contributed by atoms with E-state index in [2.05, 4.69) is 44.1 Å². The number of halogens is 1. The topological polar surface area (TPSA) is 69.6 Å². The molecule has 170 valence electrons. The van der Waals surface area contributed by atoms with Crippen molar-refractivity contribution >= 4 is 30.0 Å². The molecule has 0 aromatic carbocycles. The molecule has 3 fully saturated rings. The van der Waals surface area contributed by atoms with Gasteiger partial charge in [0.2, 0.25) is 11.8 Å². The molecule has 2 amide bonds. The van der Waals surface area contributed by atoms with Gasteiger partial charge in [-0.25, -0.2) is 4.98 Å². The Balaban J connectivity index is 0.00000216. The molecule has 1 aromatic rings. The van der Waals surface area contributed by atoms with Gasteiger partial charge >= 0.3 is 0 Å². The van der Waals surface area contributed by atoms with Gasteiger partial charge in [-0.2, -0.15) is 0 Å². The second kappa shape index (κ2) is 8.60. The number of likely N-dealkylation sites (tertiary alicyclic amines) is 1. The first-order valence-corrected chi connectivity index (χ1v) is 11.7. The molecule has 4 aliphatic carbocycles. The van der Waals surface area contributed by atoms with Crippen molar-refractivity contribution in [2.75, 3.05) is 44.2 Å². The van der Waals surface area contributed by atoms with Crippen molar-refractivity contribution in [1.82, 2.24) is 19.8 Å². The Morgan fingerprint density at radius 2 is 1.38 bits per heavy atom. The second-order valence-electron chi connectivity index (χ2n) is 9.56. The first-order valence-electron chi connectivity index (χ1n) is 11.7. The Labute approximate surface area is 195 Å². The standard InChI is InChI=1S/C24H29N5O2.ClH/c30-23-21-18-5-6-19(17-4-3-16(17)18)22(21)24(31)29(23)10-2-1-9-27-11-13-28(14-12-27)20-15-25-7-8-26-20;/h3-8,15-19,21-22H,1-2,9-14H2;1H. The van der Waals surface area contributed by atoms with E-state index in [9.17, 15) is 9.59 Å². The van der Waals surface area contributed by atoms with E-state index in [1.807, 2.05) is 6.20 Å². The van der Waals surface area contributed by atoms with E-state index in [1.54, 1.807) is 17.3 Å². The zero-order valence-electron chi connectivity index (χ0n) is 18.1. The van der Waals surface area contributed by atoms with Gasteiger partial charge in [0, 0.05) is 45.1 Å². The molecular weight excluding hydrogens is 426 g/mol. The fourth-order valence-corrected chi connectivity index (χ4v) is 6.43. The van der Waals surface area contributed by atoms with Crippen molar-refractivity contribution < 1.29 is 9.59 Å². The highest BCUT2D eigenvalue weighted by molar-refractivity contribution is 6.06. The van der Waals surface area contributed by atoms with E-state index >= 15 is 0 Å². The Morgan fingerprint density at radius 3 is 1.94 bits per heavy atom. The van der Waals surface area contributed by atoms with Gasteiger partial charge in [-0.3, -0.25) is 24.4 Å². The van der Waals surface area contributed by atoms with Gasteiger partial charge in [0.05, 0.1) is 18.0 Å². The second-order valence-corrected chi connectivity index (χ2v) is 9.56. The van der Waals surface area contributed by atoms with Gasteiger partial charge in [0.15, 0.2) is 0 Å². The van der Waals surface area contributed by atoms with E-state index in [4.69, 9.17) is 0 Å². The highest BCUT2D eigenvalue weighted by Crippen LogP contribution is 2.58. The molecule has 2 aliphatic heterocycles. The zero-order valence-corrected chi connectivity index (χ0v) is 18.9. The maximum Gasteiger partial charge on any atom is 0.233 e. The molecular formula is C24H30ClN5O2. The number of piperazine rings is 1. The fourth-order valence-electron chi connectivity index (χ4n) is 6.43. The van der Waals surface area contributed by atoms with Crippen molar-refractivity contribution in [2.45, 2.75) is 12.8 Å². The van der Waals surface area contributed by atoms with Crippen LogP contribution >= 0.6 is 12.4 Å². The lowest BCUT2D eigenvalue weighted by molar-refractivity contribution is -0.140. The number of carbonyl (C=O) groups excluding carboxylic acids is 2. The van der Waals surface area contributed by atoms with Crippen molar-refractivity contribution in [3.63, 3.8) is 0 Å². The number of hydrogen-bond donors (Lipinski definition) is 0. The van der Waals surface area contributed by atoms with Crippen LogP contribution in [0.4, 0.5) is 5.82 Å². The monoisotopic (exact) mass is 455 g/mol. The lowest BCUT2D eigenvalue weighted by Crippen LogP contribution is -2.50. The van der Waals surface area contributed by atoms with Crippen LogP contribution in [0, 0.1) is 35.5 Å². The average molecular weight is 456 g/mol. The van der Waals surface area contributed by atoms with Gasteiger partial charge < -0.3 is 4.90 Å².